The van der Waals surface area contributed by atoms with Crippen molar-refractivity contribution in [3.63, 3.8) is 0 Å². The molecule has 0 spiro atoms. The SMILES string of the molecule is Cc1ccc(S(=O)(=O)n2cnc(C[C@@H](NSc3ncccc3[N+](=O)[O-])C(=O)O)c2)cc1. The van der Waals surface area contributed by atoms with Crippen molar-refractivity contribution in [2.75, 3.05) is 0 Å². The fourth-order valence-corrected chi connectivity index (χ4v) is 4.48. The minimum absolute atomic E-state index is 0.00577. The maximum Gasteiger partial charge on any atom is 0.321 e. The van der Waals surface area contributed by atoms with E-state index in [-0.39, 0.29) is 27.7 Å². The Bertz CT molecular complexity index is 1210. The van der Waals surface area contributed by atoms with Gasteiger partial charge in [0.15, 0.2) is 5.03 Å². The van der Waals surface area contributed by atoms with Gasteiger partial charge in [-0.1, -0.05) is 17.7 Å². The number of aliphatic carboxylic acids is 1. The number of carboxylic acids is 1. The van der Waals surface area contributed by atoms with Crippen molar-refractivity contribution in [2.45, 2.75) is 29.3 Å². The third kappa shape index (κ3) is 5.25. The van der Waals surface area contributed by atoms with Gasteiger partial charge in [0.05, 0.1) is 15.5 Å². The molecule has 2 N–H and O–H groups in total. The summed E-state index contributed by atoms with van der Waals surface area (Å²) < 4.78 is 28.9. The number of rotatable bonds is 9. The number of nitrogens with one attached hydrogen (secondary N) is 1. The Hall–Kier alpha value is -3.29. The van der Waals surface area contributed by atoms with Crippen molar-refractivity contribution in [1.82, 2.24) is 18.7 Å². The van der Waals surface area contributed by atoms with Crippen LogP contribution in [0.25, 0.3) is 0 Å². The number of pyridine rings is 1. The number of carboxylic acid groups (broad SMARTS) is 1. The van der Waals surface area contributed by atoms with E-state index in [9.17, 15) is 28.4 Å². The topological polar surface area (TPSA) is 157 Å². The number of aryl methyl sites for hydroxylation is 1. The predicted octanol–water partition coefficient (Wildman–Crippen LogP) is 2.02. The van der Waals surface area contributed by atoms with Gasteiger partial charge in [-0.3, -0.25) is 14.9 Å². The zero-order valence-corrected chi connectivity index (χ0v) is 17.7. The van der Waals surface area contributed by atoms with Gasteiger partial charge in [-0.2, -0.15) is 0 Å². The largest absolute Gasteiger partial charge is 0.480 e. The second kappa shape index (κ2) is 9.24. The third-order valence-electron chi connectivity index (χ3n) is 4.17. The van der Waals surface area contributed by atoms with Gasteiger partial charge in [-0.25, -0.2) is 27.1 Å². The maximum atomic E-state index is 12.7. The smallest absolute Gasteiger partial charge is 0.321 e. The van der Waals surface area contributed by atoms with Crippen LogP contribution in [-0.2, 0) is 21.2 Å². The first kappa shape index (κ1) is 22.4. The Morgan fingerprint density at radius 3 is 2.65 bits per heavy atom. The summed E-state index contributed by atoms with van der Waals surface area (Å²) in [6.07, 6.45) is 3.53. The summed E-state index contributed by atoms with van der Waals surface area (Å²) in [5.41, 5.74) is 0.857. The third-order valence-corrected chi connectivity index (χ3v) is 6.70. The van der Waals surface area contributed by atoms with E-state index in [2.05, 4.69) is 14.7 Å². The summed E-state index contributed by atoms with van der Waals surface area (Å²) in [7, 11) is -3.87. The molecular formula is C18H17N5O6S2. The number of nitrogens with zero attached hydrogens (tertiary/aromatic N) is 4. The number of carbonyl (C=O) groups is 1. The fourth-order valence-electron chi connectivity index (χ4n) is 2.53. The minimum Gasteiger partial charge on any atom is -0.480 e. The standard InChI is InChI=1S/C18H17N5O6S2/c1-12-4-6-14(7-5-12)31(28,29)22-10-13(20-11-22)9-15(18(24)25)21-30-17-16(23(26)27)3-2-8-19-17/h2-8,10-11,15,21H,9H2,1H3,(H,24,25)/t15-/m1/s1. The van der Waals surface area contributed by atoms with Crippen molar-refractivity contribution in [3.8, 4) is 0 Å². The van der Waals surface area contributed by atoms with Crippen molar-refractivity contribution < 1.29 is 23.2 Å². The molecule has 0 bridgehead atoms. The van der Waals surface area contributed by atoms with Gasteiger partial charge in [0.2, 0.25) is 0 Å². The van der Waals surface area contributed by atoms with Crippen LogP contribution in [0.2, 0.25) is 0 Å². The lowest BCUT2D eigenvalue weighted by Crippen LogP contribution is -2.34. The van der Waals surface area contributed by atoms with Crippen molar-refractivity contribution in [3.05, 3.63) is 76.5 Å². The van der Waals surface area contributed by atoms with Crippen LogP contribution in [0.1, 0.15) is 11.3 Å². The molecule has 3 aromatic rings. The summed E-state index contributed by atoms with van der Waals surface area (Å²) in [4.78, 5) is 30.0. The Morgan fingerprint density at radius 1 is 1.29 bits per heavy atom. The van der Waals surface area contributed by atoms with E-state index in [0.717, 1.165) is 15.9 Å². The first-order valence-electron chi connectivity index (χ1n) is 8.78. The Morgan fingerprint density at radius 2 is 2.00 bits per heavy atom. The first-order valence-corrected chi connectivity index (χ1v) is 11.0. The molecule has 1 aromatic carbocycles. The van der Waals surface area contributed by atoms with Crippen molar-refractivity contribution >= 4 is 33.6 Å². The van der Waals surface area contributed by atoms with Crippen molar-refractivity contribution in [2.24, 2.45) is 0 Å². The van der Waals surface area contributed by atoms with E-state index >= 15 is 0 Å². The molecule has 2 heterocycles. The van der Waals surface area contributed by atoms with E-state index in [4.69, 9.17) is 0 Å². The molecule has 2 aromatic heterocycles. The van der Waals surface area contributed by atoms with Crippen LogP contribution in [0.5, 0.6) is 0 Å². The lowest BCUT2D eigenvalue weighted by Gasteiger charge is -2.12. The summed E-state index contributed by atoms with van der Waals surface area (Å²) >= 11 is 0.705. The second-order valence-electron chi connectivity index (χ2n) is 6.41. The number of aromatic nitrogens is 3. The van der Waals surface area contributed by atoms with Crippen LogP contribution in [0.15, 0.2) is 65.0 Å². The Kier molecular flexibility index (Phi) is 6.68. The molecule has 0 aliphatic carbocycles. The molecule has 0 aliphatic heterocycles. The first-order chi connectivity index (χ1) is 14.7. The number of hydrogen-bond donors (Lipinski definition) is 2. The summed E-state index contributed by atoms with van der Waals surface area (Å²) in [6, 6.07) is 7.75. The molecule has 0 aliphatic rings. The molecule has 11 nitrogen and oxygen atoms in total. The number of imidazole rings is 1. The normalized spacial score (nSPS) is 12.4. The van der Waals surface area contributed by atoms with Gasteiger partial charge in [0.1, 0.15) is 12.4 Å². The second-order valence-corrected chi connectivity index (χ2v) is 9.08. The lowest BCUT2D eigenvalue weighted by atomic mass is 10.2. The highest BCUT2D eigenvalue weighted by atomic mass is 32.2. The highest BCUT2D eigenvalue weighted by Crippen LogP contribution is 2.24. The summed E-state index contributed by atoms with van der Waals surface area (Å²) in [5, 5.41) is 20.5. The van der Waals surface area contributed by atoms with E-state index in [1.165, 1.54) is 36.7 Å². The van der Waals surface area contributed by atoms with Gasteiger partial charge in [-0.05, 0) is 37.1 Å². The van der Waals surface area contributed by atoms with Crippen LogP contribution in [-0.4, -0.2) is 44.4 Å². The maximum absolute atomic E-state index is 12.7. The number of benzene rings is 1. The van der Waals surface area contributed by atoms with Crippen LogP contribution < -0.4 is 4.72 Å². The quantitative estimate of drug-likeness (QED) is 0.273. The molecule has 0 unspecified atom stereocenters. The zero-order chi connectivity index (χ0) is 22.6. The van der Waals surface area contributed by atoms with Gasteiger partial charge in [0.25, 0.3) is 10.0 Å². The molecular weight excluding hydrogens is 446 g/mol. The minimum atomic E-state index is -3.87. The molecule has 0 saturated heterocycles. The van der Waals surface area contributed by atoms with E-state index in [1.54, 1.807) is 12.1 Å². The highest BCUT2D eigenvalue weighted by molar-refractivity contribution is 7.97. The summed E-state index contributed by atoms with van der Waals surface area (Å²) in [6.45, 7) is 1.84. The average molecular weight is 463 g/mol. The molecule has 3 rings (SSSR count). The number of nitro groups is 1. The van der Waals surface area contributed by atoms with E-state index in [0.29, 0.717) is 11.9 Å². The zero-order valence-electron chi connectivity index (χ0n) is 16.1. The van der Waals surface area contributed by atoms with Gasteiger partial charge < -0.3 is 5.11 Å². The van der Waals surface area contributed by atoms with Crippen LogP contribution >= 0.6 is 11.9 Å². The van der Waals surface area contributed by atoms with E-state index < -0.39 is 27.0 Å². The molecule has 1 atom stereocenters. The Labute approximate surface area is 181 Å². The van der Waals surface area contributed by atoms with Gasteiger partial charge in [-0.15, -0.1) is 0 Å². The molecule has 13 heteroatoms. The fraction of sp³-hybridized carbons (Fsp3) is 0.167. The van der Waals surface area contributed by atoms with Crippen LogP contribution in [0, 0.1) is 17.0 Å². The van der Waals surface area contributed by atoms with Crippen molar-refractivity contribution in [1.29, 1.82) is 0 Å². The summed E-state index contributed by atoms with van der Waals surface area (Å²) in [5.74, 6) is -1.23. The molecule has 0 saturated carbocycles. The number of hydrogen-bond acceptors (Lipinski definition) is 9. The van der Waals surface area contributed by atoms with Gasteiger partial charge in [0, 0.05) is 24.9 Å². The molecule has 31 heavy (non-hydrogen) atoms. The van der Waals surface area contributed by atoms with Crippen LogP contribution in [0.4, 0.5) is 5.69 Å². The highest BCUT2D eigenvalue weighted by Gasteiger charge is 2.24. The predicted molar refractivity (Wildman–Crippen MR) is 111 cm³/mol. The van der Waals surface area contributed by atoms with Crippen LogP contribution in [0.3, 0.4) is 0 Å². The molecule has 0 amide bonds. The molecule has 0 fully saturated rings. The van der Waals surface area contributed by atoms with Gasteiger partial charge >= 0.3 is 11.7 Å². The molecule has 162 valence electrons. The average Bonchev–Trinajstić information content (AvgIpc) is 3.21. The Balaban J connectivity index is 1.75. The monoisotopic (exact) mass is 463 g/mol. The van der Waals surface area contributed by atoms with E-state index in [1.807, 2.05) is 6.92 Å². The molecule has 0 radical (unpaired) electrons. The lowest BCUT2D eigenvalue weighted by molar-refractivity contribution is -0.388.